The van der Waals surface area contributed by atoms with E-state index in [-0.39, 0.29) is 11.5 Å². The van der Waals surface area contributed by atoms with Crippen LogP contribution in [-0.4, -0.2) is 34.4 Å². The third-order valence-corrected chi connectivity index (χ3v) is 4.66. The second-order valence-corrected chi connectivity index (χ2v) is 6.73. The van der Waals surface area contributed by atoms with Crippen LogP contribution in [0, 0.1) is 17.2 Å². The summed E-state index contributed by atoms with van der Waals surface area (Å²) < 4.78 is 33.7. The average molecular weight is 311 g/mol. The molecule has 0 saturated carbocycles. The lowest BCUT2D eigenvalue weighted by molar-refractivity contribution is -0.144. The van der Waals surface area contributed by atoms with E-state index in [2.05, 4.69) is 4.74 Å². The van der Waals surface area contributed by atoms with Crippen molar-refractivity contribution in [3.8, 4) is 11.8 Å². The molecule has 6 nitrogen and oxygen atoms in total. The molecular weight excluding hydrogens is 294 g/mol. The minimum atomic E-state index is -3.47. The first-order valence-electron chi connectivity index (χ1n) is 6.18. The summed E-state index contributed by atoms with van der Waals surface area (Å²) in [5.74, 6) is -1.47. The molecule has 0 fully saturated rings. The first-order chi connectivity index (χ1) is 9.82. The molecule has 21 heavy (non-hydrogen) atoms. The minimum Gasteiger partial charge on any atom is -0.495 e. The van der Waals surface area contributed by atoms with Gasteiger partial charge in [0.05, 0.1) is 37.2 Å². The molecule has 1 aromatic carbocycles. The number of ether oxygens (including phenoxy) is 2. The molecule has 1 aromatic rings. The van der Waals surface area contributed by atoms with E-state index in [1.54, 1.807) is 6.07 Å². The summed E-state index contributed by atoms with van der Waals surface area (Å²) in [6, 6.07) is 6.53. The molecule has 0 spiro atoms. The van der Waals surface area contributed by atoms with E-state index in [4.69, 9.17) is 10.00 Å². The fourth-order valence-electron chi connectivity index (χ4n) is 1.88. The summed E-state index contributed by atoms with van der Waals surface area (Å²) in [6.07, 6.45) is 0. The van der Waals surface area contributed by atoms with Crippen molar-refractivity contribution in [3.63, 3.8) is 0 Å². The van der Waals surface area contributed by atoms with Crippen LogP contribution in [0.1, 0.15) is 18.1 Å². The molecule has 0 aliphatic carbocycles. The third-order valence-electron chi connectivity index (χ3n) is 2.88. The number of nitrogens with zero attached hydrogens (tertiary/aromatic N) is 1. The SMILES string of the molecule is COC(=O)C(C)CS(=O)(=O)Cc1ccc(C#N)c(OC)c1. The molecule has 7 heteroatoms. The quantitative estimate of drug-likeness (QED) is 0.735. The van der Waals surface area contributed by atoms with Crippen LogP contribution in [-0.2, 0) is 25.1 Å². The molecule has 1 unspecified atom stereocenters. The number of carbonyl (C=O) groups is 1. The summed E-state index contributed by atoms with van der Waals surface area (Å²) in [5.41, 5.74) is 0.837. The molecule has 0 N–H and O–H groups in total. The fraction of sp³-hybridized carbons (Fsp3) is 0.429. The highest BCUT2D eigenvalue weighted by Gasteiger charge is 2.22. The largest absolute Gasteiger partial charge is 0.495 e. The molecule has 1 rings (SSSR count). The number of hydrogen-bond acceptors (Lipinski definition) is 6. The number of benzene rings is 1. The maximum Gasteiger partial charge on any atom is 0.309 e. The number of rotatable bonds is 6. The maximum atomic E-state index is 12.1. The lowest BCUT2D eigenvalue weighted by atomic mass is 10.1. The molecule has 114 valence electrons. The van der Waals surface area contributed by atoms with Crippen molar-refractivity contribution in [3.05, 3.63) is 29.3 Å². The van der Waals surface area contributed by atoms with E-state index in [0.29, 0.717) is 16.9 Å². The van der Waals surface area contributed by atoms with Gasteiger partial charge in [0, 0.05) is 0 Å². The minimum absolute atomic E-state index is 0.226. The topological polar surface area (TPSA) is 93.5 Å². The van der Waals surface area contributed by atoms with Gasteiger partial charge in [0.25, 0.3) is 0 Å². The molecular formula is C14H17NO5S. The normalized spacial score (nSPS) is 12.3. The Hall–Kier alpha value is -2.07. The smallest absolute Gasteiger partial charge is 0.309 e. The molecule has 0 radical (unpaired) electrons. The van der Waals surface area contributed by atoms with E-state index in [9.17, 15) is 13.2 Å². The monoisotopic (exact) mass is 311 g/mol. The lowest BCUT2D eigenvalue weighted by Crippen LogP contribution is -2.23. The van der Waals surface area contributed by atoms with Crippen molar-refractivity contribution in [2.24, 2.45) is 5.92 Å². The number of sulfone groups is 1. The van der Waals surface area contributed by atoms with E-state index in [0.717, 1.165) is 0 Å². The standard InChI is InChI=1S/C14H17NO5S/c1-10(14(16)20-3)8-21(17,18)9-11-4-5-12(7-15)13(6-11)19-2/h4-6,10H,8-9H2,1-3H3. The maximum absolute atomic E-state index is 12.1. The van der Waals surface area contributed by atoms with Crippen LogP contribution in [0.2, 0.25) is 0 Å². The Morgan fingerprint density at radius 2 is 2.05 bits per heavy atom. The zero-order chi connectivity index (χ0) is 16.0. The van der Waals surface area contributed by atoms with Crippen molar-refractivity contribution in [1.29, 1.82) is 5.26 Å². The fourth-order valence-corrected chi connectivity index (χ4v) is 3.58. The summed E-state index contributed by atoms with van der Waals surface area (Å²) in [6.45, 7) is 1.50. The Kier molecular flexibility index (Phi) is 5.73. The van der Waals surface area contributed by atoms with Crippen LogP contribution < -0.4 is 4.74 Å². The predicted molar refractivity (Wildman–Crippen MR) is 76.4 cm³/mol. The second kappa shape index (κ2) is 7.09. The number of esters is 1. The Labute approximate surface area is 124 Å². The summed E-state index contributed by atoms with van der Waals surface area (Å²) >= 11 is 0. The van der Waals surface area contributed by atoms with Gasteiger partial charge in [0.2, 0.25) is 0 Å². The van der Waals surface area contributed by atoms with Crippen LogP contribution in [0.15, 0.2) is 18.2 Å². The molecule has 0 aromatic heterocycles. The van der Waals surface area contributed by atoms with Crippen LogP contribution >= 0.6 is 0 Å². The molecule has 0 aliphatic rings. The summed E-state index contributed by atoms with van der Waals surface area (Å²) in [4.78, 5) is 11.3. The van der Waals surface area contributed by atoms with E-state index >= 15 is 0 Å². The number of methoxy groups -OCH3 is 2. The van der Waals surface area contributed by atoms with E-state index in [1.807, 2.05) is 6.07 Å². The van der Waals surface area contributed by atoms with E-state index < -0.39 is 21.7 Å². The van der Waals surface area contributed by atoms with Gasteiger partial charge in [-0.25, -0.2) is 8.42 Å². The first kappa shape index (κ1) is 17.0. The Bertz CT molecular complexity index is 660. The Morgan fingerprint density at radius 3 is 2.57 bits per heavy atom. The molecule has 1 atom stereocenters. The number of hydrogen-bond donors (Lipinski definition) is 0. The van der Waals surface area contributed by atoms with Gasteiger partial charge in [-0.1, -0.05) is 13.0 Å². The van der Waals surface area contributed by atoms with Gasteiger partial charge in [-0.05, 0) is 17.7 Å². The van der Waals surface area contributed by atoms with Crippen LogP contribution in [0.4, 0.5) is 0 Å². The van der Waals surface area contributed by atoms with Crippen molar-refractivity contribution < 1.29 is 22.7 Å². The average Bonchev–Trinajstić information content (AvgIpc) is 2.45. The molecule has 0 aliphatic heterocycles. The third kappa shape index (κ3) is 4.76. The second-order valence-electron chi connectivity index (χ2n) is 4.63. The van der Waals surface area contributed by atoms with Crippen LogP contribution in [0.25, 0.3) is 0 Å². The Morgan fingerprint density at radius 1 is 1.38 bits per heavy atom. The lowest BCUT2D eigenvalue weighted by Gasteiger charge is -2.11. The van der Waals surface area contributed by atoms with Crippen LogP contribution in [0.3, 0.4) is 0 Å². The summed E-state index contributed by atoms with van der Waals surface area (Å²) in [7, 11) is -0.843. The highest BCUT2D eigenvalue weighted by molar-refractivity contribution is 7.90. The van der Waals surface area contributed by atoms with Gasteiger partial charge in [0.15, 0.2) is 9.84 Å². The molecule has 0 bridgehead atoms. The highest BCUT2D eigenvalue weighted by Crippen LogP contribution is 2.21. The van der Waals surface area contributed by atoms with Crippen molar-refractivity contribution in [2.75, 3.05) is 20.0 Å². The molecule has 0 amide bonds. The van der Waals surface area contributed by atoms with Gasteiger partial charge >= 0.3 is 5.97 Å². The zero-order valence-electron chi connectivity index (χ0n) is 12.1. The van der Waals surface area contributed by atoms with Crippen molar-refractivity contribution >= 4 is 15.8 Å². The van der Waals surface area contributed by atoms with Gasteiger partial charge in [0.1, 0.15) is 11.8 Å². The first-order valence-corrected chi connectivity index (χ1v) is 8.00. The summed E-state index contributed by atoms with van der Waals surface area (Å²) in [5, 5.41) is 8.88. The van der Waals surface area contributed by atoms with Gasteiger partial charge in [-0.15, -0.1) is 0 Å². The van der Waals surface area contributed by atoms with Crippen LogP contribution in [0.5, 0.6) is 5.75 Å². The Balaban J connectivity index is 2.90. The predicted octanol–water partition coefficient (Wildman–Crippen LogP) is 1.29. The van der Waals surface area contributed by atoms with Crippen molar-refractivity contribution in [2.45, 2.75) is 12.7 Å². The molecule has 0 heterocycles. The van der Waals surface area contributed by atoms with Gasteiger partial charge in [-0.2, -0.15) is 5.26 Å². The van der Waals surface area contributed by atoms with Crippen molar-refractivity contribution in [1.82, 2.24) is 0 Å². The number of nitriles is 1. The van der Waals surface area contributed by atoms with Gasteiger partial charge in [-0.3, -0.25) is 4.79 Å². The zero-order valence-corrected chi connectivity index (χ0v) is 12.9. The van der Waals surface area contributed by atoms with Gasteiger partial charge < -0.3 is 9.47 Å². The highest BCUT2D eigenvalue weighted by atomic mass is 32.2. The van der Waals surface area contributed by atoms with E-state index in [1.165, 1.54) is 33.3 Å². The molecule has 0 saturated heterocycles. The number of carbonyl (C=O) groups excluding carboxylic acids is 1.